The Balaban J connectivity index is 1.82. The minimum Gasteiger partial charge on any atom is -0.491 e. The summed E-state index contributed by atoms with van der Waals surface area (Å²) in [5.41, 5.74) is 2.69. The van der Waals surface area contributed by atoms with Crippen molar-refractivity contribution in [2.45, 2.75) is 13.5 Å². The molecule has 0 unspecified atom stereocenters. The summed E-state index contributed by atoms with van der Waals surface area (Å²) < 4.78 is 13.0. The van der Waals surface area contributed by atoms with E-state index in [0.29, 0.717) is 40.6 Å². The first kappa shape index (κ1) is 16.5. The predicted molar refractivity (Wildman–Crippen MR) is 104 cm³/mol. The first-order valence-electron chi connectivity index (χ1n) is 8.84. The number of nitrogens with one attached hydrogen (secondary N) is 1. The summed E-state index contributed by atoms with van der Waals surface area (Å²) in [6.45, 7) is 2.16. The highest BCUT2D eigenvalue weighted by molar-refractivity contribution is 6.03. The molecule has 0 aliphatic carbocycles. The standard InChI is InChI=1S/C20H16N4O4/c1-2-27-16-5-6-21-19-17(16)24(20(26)23-19)12-3-4-15-14(8-12)18-11(9-22-15)7-13(10-25)28-18/h3-9,25H,2,10H2,1H3,(H,21,23,26). The Kier molecular flexibility index (Phi) is 3.66. The number of furan rings is 1. The zero-order valence-corrected chi connectivity index (χ0v) is 15.0. The average Bonchev–Trinajstić information content (AvgIpc) is 3.28. The summed E-state index contributed by atoms with van der Waals surface area (Å²) in [6, 6.07) is 8.97. The molecule has 0 aliphatic rings. The van der Waals surface area contributed by atoms with Crippen LogP contribution in [0.25, 0.3) is 38.7 Å². The quantitative estimate of drug-likeness (QED) is 0.500. The number of fused-ring (bicyclic) bond motifs is 4. The molecule has 1 aromatic carbocycles. The van der Waals surface area contributed by atoms with Gasteiger partial charge in [0.1, 0.15) is 29.2 Å². The summed E-state index contributed by atoms with van der Waals surface area (Å²) >= 11 is 0. The molecule has 0 bridgehead atoms. The molecule has 28 heavy (non-hydrogen) atoms. The maximum absolute atomic E-state index is 12.7. The van der Waals surface area contributed by atoms with Gasteiger partial charge in [-0.1, -0.05) is 0 Å². The molecule has 2 N–H and O–H groups in total. The second-order valence-electron chi connectivity index (χ2n) is 6.32. The van der Waals surface area contributed by atoms with Crippen molar-refractivity contribution in [3.05, 3.63) is 59.0 Å². The minimum atomic E-state index is -0.315. The van der Waals surface area contributed by atoms with Crippen LogP contribution in [0, 0.1) is 0 Å². The summed E-state index contributed by atoms with van der Waals surface area (Å²) in [6.07, 6.45) is 3.30. The molecule has 0 amide bonds. The van der Waals surface area contributed by atoms with Crippen LogP contribution in [0.2, 0.25) is 0 Å². The Morgan fingerprint density at radius 1 is 1.25 bits per heavy atom. The Hall–Kier alpha value is -3.65. The molecule has 0 atom stereocenters. The van der Waals surface area contributed by atoms with E-state index in [2.05, 4.69) is 15.0 Å². The van der Waals surface area contributed by atoms with Gasteiger partial charge in [-0.25, -0.2) is 9.78 Å². The zero-order valence-electron chi connectivity index (χ0n) is 15.0. The third kappa shape index (κ3) is 2.39. The molecular formula is C20H16N4O4. The maximum atomic E-state index is 12.7. The molecule has 4 heterocycles. The molecule has 5 aromatic rings. The number of nitrogens with zero attached hydrogens (tertiary/aromatic N) is 3. The number of imidazole rings is 1. The third-order valence-electron chi connectivity index (χ3n) is 4.63. The number of ether oxygens (including phenoxy) is 1. The number of benzene rings is 1. The van der Waals surface area contributed by atoms with E-state index in [0.717, 1.165) is 16.3 Å². The van der Waals surface area contributed by atoms with Crippen LogP contribution in [0.15, 0.2) is 51.9 Å². The maximum Gasteiger partial charge on any atom is 0.332 e. The summed E-state index contributed by atoms with van der Waals surface area (Å²) in [5.74, 6) is 1.03. The SMILES string of the molecule is CCOc1ccnc2[nH]c(=O)n(-c3ccc4ncc5cc(CO)oc5c4c3)c12. The smallest absolute Gasteiger partial charge is 0.332 e. The zero-order chi connectivity index (χ0) is 19.3. The van der Waals surface area contributed by atoms with Crippen LogP contribution in [0.1, 0.15) is 12.7 Å². The lowest BCUT2D eigenvalue weighted by Crippen LogP contribution is -2.15. The van der Waals surface area contributed by atoms with Crippen LogP contribution < -0.4 is 10.4 Å². The van der Waals surface area contributed by atoms with E-state index in [4.69, 9.17) is 9.15 Å². The molecule has 8 nitrogen and oxygen atoms in total. The van der Waals surface area contributed by atoms with Crippen LogP contribution in [0.3, 0.4) is 0 Å². The van der Waals surface area contributed by atoms with Crippen molar-refractivity contribution in [2.75, 3.05) is 6.61 Å². The minimum absolute atomic E-state index is 0.193. The van der Waals surface area contributed by atoms with Gasteiger partial charge in [0, 0.05) is 29.2 Å². The van der Waals surface area contributed by atoms with Gasteiger partial charge in [-0.3, -0.25) is 14.5 Å². The van der Waals surface area contributed by atoms with E-state index < -0.39 is 0 Å². The van der Waals surface area contributed by atoms with Gasteiger partial charge in [0.05, 0.1) is 17.8 Å². The lowest BCUT2D eigenvalue weighted by atomic mass is 10.1. The lowest BCUT2D eigenvalue weighted by Gasteiger charge is -2.09. The highest BCUT2D eigenvalue weighted by atomic mass is 16.5. The van der Waals surface area contributed by atoms with Crippen LogP contribution in [0.4, 0.5) is 0 Å². The van der Waals surface area contributed by atoms with E-state index in [1.807, 2.05) is 25.1 Å². The normalized spacial score (nSPS) is 11.6. The highest BCUT2D eigenvalue weighted by Gasteiger charge is 2.16. The summed E-state index contributed by atoms with van der Waals surface area (Å²) in [7, 11) is 0. The van der Waals surface area contributed by atoms with Crippen molar-refractivity contribution in [3.63, 3.8) is 0 Å². The van der Waals surface area contributed by atoms with Crippen LogP contribution in [-0.2, 0) is 6.61 Å². The molecule has 0 radical (unpaired) electrons. The molecular weight excluding hydrogens is 360 g/mol. The molecule has 5 rings (SSSR count). The van der Waals surface area contributed by atoms with Gasteiger partial charge in [-0.05, 0) is 31.2 Å². The number of pyridine rings is 2. The third-order valence-corrected chi connectivity index (χ3v) is 4.63. The van der Waals surface area contributed by atoms with Gasteiger partial charge in [0.2, 0.25) is 0 Å². The molecule has 140 valence electrons. The fourth-order valence-corrected chi connectivity index (χ4v) is 3.46. The lowest BCUT2D eigenvalue weighted by molar-refractivity contribution is 0.251. The van der Waals surface area contributed by atoms with E-state index in [1.54, 1.807) is 24.5 Å². The van der Waals surface area contributed by atoms with E-state index >= 15 is 0 Å². The summed E-state index contributed by atoms with van der Waals surface area (Å²) in [4.78, 5) is 24.1. The molecule has 0 spiro atoms. The first-order valence-corrected chi connectivity index (χ1v) is 8.84. The van der Waals surface area contributed by atoms with Gasteiger partial charge in [-0.15, -0.1) is 0 Å². The number of aliphatic hydroxyl groups excluding tert-OH is 1. The van der Waals surface area contributed by atoms with Gasteiger partial charge >= 0.3 is 5.69 Å². The number of aromatic amines is 1. The largest absolute Gasteiger partial charge is 0.491 e. The second kappa shape index (κ2) is 6.21. The van der Waals surface area contributed by atoms with Crippen molar-refractivity contribution >= 4 is 33.0 Å². The van der Waals surface area contributed by atoms with Gasteiger partial charge < -0.3 is 14.3 Å². The van der Waals surface area contributed by atoms with Crippen molar-refractivity contribution in [1.82, 2.24) is 19.5 Å². The number of hydrogen-bond donors (Lipinski definition) is 2. The number of aliphatic hydroxyl groups is 1. The fraction of sp³-hybridized carbons (Fsp3) is 0.150. The molecule has 4 aromatic heterocycles. The Morgan fingerprint density at radius 2 is 2.14 bits per heavy atom. The van der Waals surface area contributed by atoms with Crippen LogP contribution in [-0.4, -0.2) is 31.2 Å². The van der Waals surface area contributed by atoms with Gasteiger partial charge in [-0.2, -0.15) is 0 Å². The van der Waals surface area contributed by atoms with E-state index in [-0.39, 0.29) is 12.3 Å². The van der Waals surface area contributed by atoms with Crippen molar-refractivity contribution in [3.8, 4) is 11.4 Å². The van der Waals surface area contributed by atoms with Crippen LogP contribution >= 0.6 is 0 Å². The summed E-state index contributed by atoms with van der Waals surface area (Å²) in [5, 5.41) is 10.9. The Bertz CT molecular complexity index is 1400. The topological polar surface area (TPSA) is 106 Å². The number of aromatic nitrogens is 4. The molecule has 8 heteroatoms. The predicted octanol–water partition coefficient (Wildman–Crippen LogP) is 2.90. The van der Waals surface area contributed by atoms with Gasteiger partial charge in [0.25, 0.3) is 0 Å². The van der Waals surface area contributed by atoms with Crippen molar-refractivity contribution < 1.29 is 14.3 Å². The molecule has 0 aliphatic heterocycles. The first-order chi connectivity index (χ1) is 13.7. The van der Waals surface area contributed by atoms with Gasteiger partial charge in [0.15, 0.2) is 5.65 Å². The molecule has 0 saturated heterocycles. The van der Waals surface area contributed by atoms with Crippen molar-refractivity contribution in [2.24, 2.45) is 0 Å². The van der Waals surface area contributed by atoms with E-state index in [9.17, 15) is 9.90 Å². The molecule has 0 saturated carbocycles. The number of rotatable bonds is 4. The number of hydrogen-bond acceptors (Lipinski definition) is 6. The van der Waals surface area contributed by atoms with E-state index in [1.165, 1.54) is 4.57 Å². The monoisotopic (exact) mass is 376 g/mol. The fourth-order valence-electron chi connectivity index (χ4n) is 3.46. The highest BCUT2D eigenvalue weighted by Crippen LogP contribution is 2.30. The number of H-pyrrole nitrogens is 1. The van der Waals surface area contributed by atoms with Crippen LogP contribution in [0.5, 0.6) is 5.75 Å². The Morgan fingerprint density at radius 3 is 2.96 bits per heavy atom. The second-order valence-corrected chi connectivity index (χ2v) is 6.32. The molecule has 0 fully saturated rings. The van der Waals surface area contributed by atoms with Crippen molar-refractivity contribution in [1.29, 1.82) is 0 Å². The Labute approximate surface area is 158 Å². The average molecular weight is 376 g/mol.